The number of hydrogen-bond acceptors (Lipinski definition) is 2. The Hall–Kier alpha value is 0.160. The van der Waals surface area contributed by atoms with E-state index in [1.54, 1.807) is 12.1 Å². The van der Waals surface area contributed by atoms with E-state index >= 15 is 0 Å². The fourth-order valence-corrected chi connectivity index (χ4v) is 4.42. The largest absolute Gasteiger partial charge is 0.218 e. The minimum atomic E-state index is -3.46. The molecule has 0 N–H and O–H groups in total. The van der Waals surface area contributed by atoms with Crippen LogP contribution in [0.25, 0.3) is 6.08 Å². The van der Waals surface area contributed by atoms with Gasteiger partial charge in [-0.25, -0.2) is 8.42 Å². The van der Waals surface area contributed by atoms with E-state index in [1.807, 2.05) is 0 Å². The molecule has 74 valence electrons. The van der Waals surface area contributed by atoms with Gasteiger partial charge < -0.3 is 0 Å². The Kier molecular flexibility index (Phi) is 2.54. The second-order valence-electron chi connectivity index (χ2n) is 2.75. The minimum absolute atomic E-state index is 0.133. The number of rotatable bonds is 0. The maximum atomic E-state index is 11.6. The molecule has 0 spiro atoms. The highest BCUT2D eigenvalue weighted by Crippen LogP contribution is 2.40. The first kappa shape index (κ1) is 10.7. The molecule has 1 heterocycles. The highest BCUT2D eigenvalue weighted by molar-refractivity contribution is 9.11. The van der Waals surface area contributed by atoms with Crippen molar-refractivity contribution < 1.29 is 8.42 Å². The summed E-state index contributed by atoms with van der Waals surface area (Å²) in [5.41, 5.74) is 0.609. The third-order valence-electron chi connectivity index (χ3n) is 1.86. The number of benzene rings is 1. The van der Waals surface area contributed by atoms with Crippen molar-refractivity contribution in [3.63, 3.8) is 0 Å². The Bertz CT molecular complexity index is 549. The van der Waals surface area contributed by atoms with Gasteiger partial charge in [0.1, 0.15) is 4.36 Å². The summed E-state index contributed by atoms with van der Waals surface area (Å²) in [5, 5.41) is 0. The van der Waals surface area contributed by atoms with Gasteiger partial charge in [-0.15, -0.1) is 0 Å². The van der Waals surface area contributed by atoms with Gasteiger partial charge in [0.15, 0.2) is 0 Å². The normalized spacial score (nSPS) is 17.8. The van der Waals surface area contributed by atoms with Crippen LogP contribution in [0, 0.1) is 0 Å². The minimum Gasteiger partial charge on any atom is -0.218 e. The van der Waals surface area contributed by atoms with E-state index < -0.39 is 9.84 Å². The summed E-state index contributed by atoms with van der Waals surface area (Å²) >= 11 is 12.1. The summed E-state index contributed by atoms with van der Waals surface area (Å²) in [7, 11) is -3.46. The van der Waals surface area contributed by atoms with Crippen LogP contribution in [0.3, 0.4) is 0 Å². The SMILES string of the molecule is O=S1(=O)C(Cl)=Cc2c(Br)cc(Br)cc21. The standard InChI is InChI=1S/C8H3Br2ClO2S/c9-4-1-6(10)5-3-8(11)14(12,13)7(5)2-4/h1-3H. The molecule has 1 aromatic carbocycles. The molecule has 0 saturated heterocycles. The number of hydrogen-bond donors (Lipinski definition) is 0. The lowest BCUT2D eigenvalue weighted by Crippen LogP contribution is -1.96. The van der Waals surface area contributed by atoms with Gasteiger partial charge in [-0.1, -0.05) is 43.5 Å². The average Bonchev–Trinajstić information content (AvgIpc) is 2.28. The van der Waals surface area contributed by atoms with Gasteiger partial charge in [0, 0.05) is 14.5 Å². The first-order valence-electron chi connectivity index (χ1n) is 3.54. The van der Waals surface area contributed by atoms with Crippen LogP contribution < -0.4 is 0 Å². The molecule has 0 amide bonds. The topological polar surface area (TPSA) is 34.1 Å². The van der Waals surface area contributed by atoms with Crippen LogP contribution in [-0.2, 0) is 9.84 Å². The molecule has 2 rings (SSSR count). The predicted molar refractivity (Wildman–Crippen MR) is 62.9 cm³/mol. The van der Waals surface area contributed by atoms with Crippen molar-refractivity contribution >= 4 is 59.4 Å². The smallest absolute Gasteiger partial charge is 0.218 e. The highest BCUT2D eigenvalue weighted by atomic mass is 79.9. The zero-order chi connectivity index (χ0) is 10.5. The quantitative estimate of drug-likeness (QED) is 0.711. The Labute approximate surface area is 103 Å². The van der Waals surface area contributed by atoms with E-state index in [1.165, 1.54) is 6.08 Å². The average molecular weight is 358 g/mol. The van der Waals surface area contributed by atoms with Gasteiger partial charge in [-0.2, -0.15) is 0 Å². The highest BCUT2D eigenvalue weighted by Gasteiger charge is 2.30. The van der Waals surface area contributed by atoms with Crippen molar-refractivity contribution in [3.05, 3.63) is 31.0 Å². The Balaban J connectivity index is 2.87. The van der Waals surface area contributed by atoms with E-state index in [0.29, 0.717) is 14.5 Å². The second-order valence-corrected chi connectivity index (χ2v) is 7.04. The summed E-state index contributed by atoms with van der Waals surface area (Å²) in [6.07, 6.45) is 1.45. The molecule has 14 heavy (non-hydrogen) atoms. The van der Waals surface area contributed by atoms with Gasteiger partial charge in [0.2, 0.25) is 9.84 Å². The Morgan fingerprint density at radius 3 is 2.50 bits per heavy atom. The first-order valence-corrected chi connectivity index (χ1v) is 6.99. The molecule has 0 radical (unpaired) electrons. The Morgan fingerprint density at radius 2 is 1.86 bits per heavy atom. The van der Waals surface area contributed by atoms with Crippen molar-refractivity contribution in [3.8, 4) is 0 Å². The number of fused-ring (bicyclic) bond motifs is 1. The van der Waals surface area contributed by atoms with E-state index in [9.17, 15) is 8.42 Å². The van der Waals surface area contributed by atoms with E-state index in [4.69, 9.17) is 11.6 Å². The maximum Gasteiger partial charge on any atom is 0.218 e. The maximum absolute atomic E-state index is 11.6. The van der Waals surface area contributed by atoms with E-state index in [2.05, 4.69) is 31.9 Å². The number of sulfone groups is 1. The van der Waals surface area contributed by atoms with E-state index in [-0.39, 0.29) is 9.26 Å². The van der Waals surface area contributed by atoms with Crippen molar-refractivity contribution in [1.82, 2.24) is 0 Å². The summed E-state index contributed by atoms with van der Waals surface area (Å²) < 4.78 is 24.6. The van der Waals surface area contributed by atoms with E-state index in [0.717, 1.165) is 0 Å². The molecule has 1 aromatic rings. The summed E-state index contributed by atoms with van der Waals surface area (Å²) in [6, 6.07) is 3.32. The summed E-state index contributed by atoms with van der Waals surface area (Å²) in [6.45, 7) is 0. The molecular formula is C8H3Br2ClO2S. The van der Waals surface area contributed by atoms with Crippen LogP contribution in [0.2, 0.25) is 0 Å². The van der Waals surface area contributed by atoms with Crippen LogP contribution in [0.15, 0.2) is 30.3 Å². The van der Waals surface area contributed by atoms with Crippen molar-refractivity contribution in [2.24, 2.45) is 0 Å². The van der Waals surface area contributed by atoms with Crippen molar-refractivity contribution in [2.75, 3.05) is 0 Å². The van der Waals surface area contributed by atoms with Crippen molar-refractivity contribution in [2.45, 2.75) is 4.90 Å². The summed E-state index contributed by atoms with van der Waals surface area (Å²) in [5.74, 6) is 0. The van der Waals surface area contributed by atoms with Gasteiger partial charge >= 0.3 is 0 Å². The molecule has 6 heteroatoms. The van der Waals surface area contributed by atoms with Crippen molar-refractivity contribution in [1.29, 1.82) is 0 Å². The zero-order valence-electron chi connectivity index (χ0n) is 6.59. The second kappa shape index (κ2) is 3.33. The molecule has 1 aliphatic heterocycles. The van der Waals surface area contributed by atoms with Crippen LogP contribution >= 0.6 is 43.5 Å². The molecule has 0 unspecified atom stereocenters. The first-order chi connectivity index (χ1) is 6.43. The molecule has 0 saturated carbocycles. The molecule has 2 nitrogen and oxygen atoms in total. The molecule has 0 aromatic heterocycles. The lowest BCUT2D eigenvalue weighted by atomic mass is 10.2. The van der Waals surface area contributed by atoms with Crippen LogP contribution in [0.5, 0.6) is 0 Å². The van der Waals surface area contributed by atoms with Gasteiger partial charge in [0.05, 0.1) is 4.90 Å². The lowest BCUT2D eigenvalue weighted by Gasteiger charge is -2.01. The molecule has 0 aliphatic carbocycles. The third-order valence-corrected chi connectivity index (χ3v) is 5.24. The van der Waals surface area contributed by atoms with Gasteiger partial charge in [-0.05, 0) is 18.2 Å². The molecule has 1 aliphatic rings. The number of halogens is 3. The molecule has 0 bridgehead atoms. The van der Waals surface area contributed by atoms with Crippen LogP contribution in [0.4, 0.5) is 0 Å². The molecular weight excluding hydrogens is 355 g/mol. The molecule has 0 atom stereocenters. The molecule has 0 fully saturated rings. The zero-order valence-corrected chi connectivity index (χ0v) is 11.3. The lowest BCUT2D eigenvalue weighted by molar-refractivity contribution is 0.604. The predicted octanol–water partition coefficient (Wildman–Crippen LogP) is 3.54. The van der Waals surface area contributed by atoms with Gasteiger partial charge in [-0.3, -0.25) is 0 Å². The fourth-order valence-electron chi connectivity index (χ4n) is 1.22. The Morgan fingerprint density at radius 1 is 1.21 bits per heavy atom. The fraction of sp³-hybridized carbons (Fsp3) is 0. The van der Waals surface area contributed by atoms with Crippen LogP contribution in [-0.4, -0.2) is 8.42 Å². The summed E-state index contributed by atoms with van der Waals surface area (Å²) in [4.78, 5) is 0.240. The van der Waals surface area contributed by atoms with Gasteiger partial charge in [0.25, 0.3) is 0 Å². The monoisotopic (exact) mass is 356 g/mol. The van der Waals surface area contributed by atoms with Crippen LogP contribution in [0.1, 0.15) is 5.56 Å². The third kappa shape index (κ3) is 1.46.